The zero-order valence-corrected chi connectivity index (χ0v) is 11.4. The summed E-state index contributed by atoms with van der Waals surface area (Å²) in [5, 5.41) is 0. The zero-order valence-electron chi connectivity index (χ0n) is 11.4. The summed E-state index contributed by atoms with van der Waals surface area (Å²) in [6.07, 6.45) is 1.12. The van der Waals surface area contributed by atoms with Crippen molar-refractivity contribution >= 4 is 0 Å². The van der Waals surface area contributed by atoms with Gasteiger partial charge >= 0.3 is 0 Å². The number of rotatable bonds is 6. The minimum atomic E-state index is -0.0420. The van der Waals surface area contributed by atoms with Gasteiger partial charge < -0.3 is 10.5 Å². The van der Waals surface area contributed by atoms with Gasteiger partial charge in [0, 0.05) is 6.61 Å². The first-order valence-corrected chi connectivity index (χ1v) is 6.50. The Bertz CT molecular complexity index is 318. The van der Waals surface area contributed by atoms with E-state index in [1.807, 2.05) is 6.92 Å². The first kappa shape index (κ1) is 14.2. The van der Waals surface area contributed by atoms with Crippen LogP contribution in [-0.2, 0) is 11.2 Å². The van der Waals surface area contributed by atoms with Crippen molar-refractivity contribution in [3.8, 4) is 0 Å². The summed E-state index contributed by atoms with van der Waals surface area (Å²) in [7, 11) is 0. The fourth-order valence-corrected chi connectivity index (χ4v) is 1.69. The van der Waals surface area contributed by atoms with Gasteiger partial charge in [0.1, 0.15) is 0 Å². The van der Waals surface area contributed by atoms with Crippen molar-refractivity contribution in [2.45, 2.75) is 46.3 Å². The van der Waals surface area contributed by atoms with Crippen LogP contribution in [0, 0.1) is 5.92 Å². The molecule has 2 N–H and O–H groups in total. The second kappa shape index (κ2) is 6.77. The maximum atomic E-state index is 6.19. The van der Waals surface area contributed by atoms with E-state index in [-0.39, 0.29) is 12.1 Å². The fourth-order valence-electron chi connectivity index (χ4n) is 1.69. The van der Waals surface area contributed by atoms with E-state index >= 15 is 0 Å². The highest BCUT2D eigenvalue weighted by Crippen LogP contribution is 2.18. The summed E-state index contributed by atoms with van der Waals surface area (Å²) in [6.45, 7) is 9.26. The summed E-state index contributed by atoms with van der Waals surface area (Å²) >= 11 is 0. The van der Waals surface area contributed by atoms with E-state index in [0.29, 0.717) is 5.92 Å². The van der Waals surface area contributed by atoms with Crippen molar-refractivity contribution in [1.82, 2.24) is 0 Å². The normalized spacial score (nSPS) is 14.9. The lowest BCUT2D eigenvalue weighted by molar-refractivity contribution is 0.0314. The average molecular weight is 235 g/mol. The first-order chi connectivity index (χ1) is 8.04. The Kier molecular flexibility index (Phi) is 5.66. The van der Waals surface area contributed by atoms with Crippen LogP contribution in [0.25, 0.3) is 0 Å². The first-order valence-electron chi connectivity index (χ1n) is 6.50. The van der Waals surface area contributed by atoms with Crippen LogP contribution in [0.3, 0.4) is 0 Å². The van der Waals surface area contributed by atoms with Gasteiger partial charge in [0.25, 0.3) is 0 Å². The van der Waals surface area contributed by atoms with E-state index in [1.165, 1.54) is 5.56 Å². The smallest absolute Gasteiger partial charge is 0.0739 e. The maximum Gasteiger partial charge on any atom is 0.0739 e. The lowest BCUT2D eigenvalue weighted by atomic mass is 10.0. The number of hydrogen-bond acceptors (Lipinski definition) is 2. The third-order valence-electron chi connectivity index (χ3n) is 2.97. The quantitative estimate of drug-likeness (QED) is 0.821. The Morgan fingerprint density at radius 3 is 2.18 bits per heavy atom. The van der Waals surface area contributed by atoms with E-state index < -0.39 is 0 Å². The molecule has 1 rings (SSSR count). The predicted octanol–water partition coefficient (Wildman–Crippen LogP) is 3.31. The molecule has 0 bridgehead atoms. The van der Waals surface area contributed by atoms with E-state index in [4.69, 9.17) is 10.5 Å². The summed E-state index contributed by atoms with van der Waals surface area (Å²) < 4.78 is 5.75. The van der Waals surface area contributed by atoms with Crippen LogP contribution in [-0.4, -0.2) is 12.7 Å². The lowest BCUT2D eigenvalue weighted by Gasteiger charge is -2.22. The monoisotopic (exact) mass is 235 g/mol. The molecule has 96 valence electrons. The summed E-state index contributed by atoms with van der Waals surface area (Å²) in [5.41, 5.74) is 8.69. The Hall–Kier alpha value is -0.860. The molecular formula is C15H25NO. The van der Waals surface area contributed by atoms with E-state index in [0.717, 1.165) is 18.6 Å². The van der Waals surface area contributed by atoms with Crippen molar-refractivity contribution in [1.29, 1.82) is 0 Å². The van der Waals surface area contributed by atoms with Crippen LogP contribution in [0.2, 0.25) is 0 Å². The Balaban J connectivity index is 2.58. The van der Waals surface area contributed by atoms with Gasteiger partial charge in [-0.05, 0) is 30.4 Å². The molecule has 2 atom stereocenters. The predicted molar refractivity (Wildman–Crippen MR) is 73.0 cm³/mol. The van der Waals surface area contributed by atoms with E-state index in [9.17, 15) is 0 Å². The molecule has 0 aliphatic carbocycles. The highest BCUT2D eigenvalue weighted by molar-refractivity contribution is 5.25. The van der Waals surface area contributed by atoms with Gasteiger partial charge in [0.05, 0.1) is 12.1 Å². The van der Waals surface area contributed by atoms with Crippen molar-refractivity contribution in [2.75, 3.05) is 6.61 Å². The molecule has 0 fully saturated rings. The number of nitrogens with two attached hydrogens (primary N) is 1. The van der Waals surface area contributed by atoms with Crippen LogP contribution < -0.4 is 5.73 Å². The average Bonchev–Trinajstić information content (AvgIpc) is 2.35. The van der Waals surface area contributed by atoms with E-state index in [2.05, 4.69) is 45.0 Å². The van der Waals surface area contributed by atoms with Gasteiger partial charge in [0.2, 0.25) is 0 Å². The second-order valence-corrected chi connectivity index (χ2v) is 5.05. The molecule has 0 radical (unpaired) electrons. The molecule has 0 aliphatic heterocycles. The molecule has 1 aromatic rings. The SMILES string of the molecule is CCc1ccc(C(N)C(C)OCC(C)C)cc1. The molecule has 0 aliphatic rings. The lowest BCUT2D eigenvalue weighted by Crippen LogP contribution is -2.27. The molecule has 0 saturated heterocycles. The molecule has 2 nitrogen and oxygen atoms in total. The molecule has 0 spiro atoms. The zero-order chi connectivity index (χ0) is 12.8. The molecule has 1 aromatic carbocycles. The van der Waals surface area contributed by atoms with Crippen molar-refractivity contribution in [3.05, 3.63) is 35.4 Å². The van der Waals surface area contributed by atoms with Crippen molar-refractivity contribution in [3.63, 3.8) is 0 Å². The van der Waals surface area contributed by atoms with Crippen LogP contribution in [0.4, 0.5) is 0 Å². The third kappa shape index (κ3) is 4.49. The van der Waals surface area contributed by atoms with E-state index in [1.54, 1.807) is 0 Å². The molecular weight excluding hydrogens is 210 g/mol. The molecule has 0 amide bonds. The molecule has 17 heavy (non-hydrogen) atoms. The third-order valence-corrected chi connectivity index (χ3v) is 2.97. The van der Waals surface area contributed by atoms with Crippen LogP contribution in [0.1, 0.15) is 44.9 Å². The summed E-state index contributed by atoms with van der Waals surface area (Å²) in [4.78, 5) is 0. The second-order valence-electron chi connectivity index (χ2n) is 5.05. The molecule has 0 aromatic heterocycles. The minimum absolute atomic E-state index is 0.0420. The number of benzene rings is 1. The van der Waals surface area contributed by atoms with Crippen LogP contribution in [0.15, 0.2) is 24.3 Å². The largest absolute Gasteiger partial charge is 0.376 e. The number of ether oxygens (including phenoxy) is 1. The van der Waals surface area contributed by atoms with Crippen LogP contribution >= 0.6 is 0 Å². The van der Waals surface area contributed by atoms with Gasteiger partial charge in [-0.15, -0.1) is 0 Å². The highest BCUT2D eigenvalue weighted by Gasteiger charge is 2.15. The Morgan fingerprint density at radius 2 is 1.71 bits per heavy atom. The standard InChI is InChI=1S/C15H25NO/c1-5-13-6-8-14(9-7-13)15(16)12(4)17-10-11(2)3/h6-9,11-12,15H,5,10,16H2,1-4H3. The summed E-state index contributed by atoms with van der Waals surface area (Å²) in [6, 6.07) is 8.46. The Morgan fingerprint density at radius 1 is 1.12 bits per heavy atom. The van der Waals surface area contributed by atoms with Gasteiger partial charge in [-0.3, -0.25) is 0 Å². The number of aryl methyl sites for hydroxylation is 1. The number of hydrogen-bond donors (Lipinski definition) is 1. The van der Waals surface area contributed by atoms with Gasteiger partial charge in [-0.1, -0.05) is 45.0 Å². The molecule has 0 saturated carbocycles. The Labute approximate surface area is 105 Å². The topological polar surface area (TPSA) is 35.2 Å². The van der Waals surface area contributed by atoms with Crippen molar-refractivity contribution in [2.24, 2.45) is 11.7 Å². The minimum Gasteiger partial charge on any atom is -0.376 e. The van der Waals surface area contributed by atoms with Crippen LogP contribution in [0.5, 0.6) is 0 Å². The maximum absolute atomic E-state index is 6.19. The van der Waals surface area contributed by atoms with Crippen molar-refractivity contribution < 1.29 is 4.74 Å². The summed E-state index contributed by atoms with van der Waals surface area (Å²) in [5.74, 6) is 0.548. The molecule has 0 heterocycles. The fraction of sp³-hybridized carbons (Fsp3) is 0.600. The molecule has 2 unspecified atom stereocenters. The molecule has 2 heteroatoms. The van der Waals surface area contributed by atoms with Gasteiger partial charge in [-0.25, -0.2) is 0 Å². The van der Waals surface area contributed by atoms with Gasteiger partial charge in [-0.2, -0.15) is 0 Å². The highest BCUT2D eigenvalue weighted by atomic mass is 16.5. The van der Waals surface area contributed by atoms with Gasteiger partial charge in [0.15, 0.2) is 0 Å².